The average Bonchev–Trinajstić information content (AvgIpc) is 2.53. The first-order valence-electron chi connectivity index (χ1n) is 7.82. The molecule has 0 spiro atoms. The van der Waals surface area contributed by atoms with Crippen molar-refractivity contribution in [3.05, 3.63) is 18.1 Å². The number of aromatic nitrogens is 2. The Morgan fingerprint density at radius 1 is 1.19 bits per heavy atom. The lowest BCUT2D eigenvalue weighted by Gasteiger charge is -2.34. The lowest BCUT2D eigenvalue weighted by Crippen LogP contribution is -2.49. The van der Waals surface area contributed by atoms with Gasteiger partial charge in [0.2, 0.25) is 0 Å². The topological polar surface area (TPSA) is 61.4 Å². The van der Waals surface area contributed by atoms with Crippen LogP contribution < -0.4 is 5.32 Å². The lowest BCUT2D eigenvalue weighted by molar-refractivity contribution is 0.0631. The molecule has 21 heavy (non-hydrogen) atoms. The fourth-order valence-electron chi connectivity index (χ4n) is 2.46. The minimum Gasteiger partial charge on any atom is -0.369 e. The number of carbonyl (C=O) groups is 1. The molecule has 0 radical (unpaired) electrons. The van der Waals surface area contributed by atoms with E-state index >= 15 is 0 Å². The maximum Gasteiger partial charge on any atom is 0.274 e. The van der Waals surface area contributed by atoms with E-state index in [0.29, 0.717) is 11.5 Å². The molecule has 0 aromatic carbocycles. The molecule has 1 N–H and O–H groups in total. The summed E-state index contributed by atoms with van der Waals surface area (Å²) < 4.78 is 0. The largest absolute Gasteiger partial charge is 0.369 e. The van der Waals surface area contributed by atoms with Gasteiger partial charge < -0.3 is 10.2 Å². The molecule has 2 heterocycles. The molecule has 2 rings (SSSR count). The summed E-state index contributed by atoms with van der Waals surface area (Å²) in [5, 5.41) is 3.16. The van der Waals surface area contributed by atoms with Crippen LogP contribution in [0.2, 0.25) is 0 Å². The molecule has 1 saturated heterocycles. The molecule has 1 aliphatic heterocycles. The summed E-state index contributed by atoms with van der Waals surface area (Å²) in [6.45, 7) is 9.65. The Hall–Kier alpha value is -1.69. The SMILES string of the molecule is CCCNc1cncc(C(=O)N2CCN(CCC)CC2)n1. The second kappa shape index (κ2) is 7.93. The molecule has 0 atom stereocenters. The van der Waals surface area contributed by atoms with Crippen molar-refractivity contribution in [2.24, 2.45) is 0 Å². The molecule has 1 aliphatic rings. The van der Waals surface area contributed by atoms with Gasteiger partial charge in [0.05, 0.1) is 12.4 Å². The van der Waals surface area contributed by atoms with Crippen molar-refractivity contribution in [3.63, 3.8) is 0 Å². The second-order valence-electron chi connectivity index (χ2n) is 5.35. The zero-order valence-electron chi connectivity index (χ0n) is 13.0. The van der Waals surface area contributed by atoms with Crippen molar-refractivity contribution in [2.75, 3.05) is 44.6 Å². The Balaban J connectivity index is 1.94. The molecule has 0 aliphatic carbocycles. The highest BCUT2D eigenvalue weighted by Crippen LogP contribution is 2.09. The van der Waals surface area contributed by atoms with E-state index in [4.69, 9.17) is 0 Å². The number of anilines is 1. The van der Waals surface area contributed by atoms with Crippen LogP contribution in [0.5, 0.6) is 0 Å². The maximum atomic E-state index is 12.5. The highest BCUT2D eigenvalue weighted by Gasteiger charge is 2.22. The van der Waals surface area contributed by atoms with Gasteiger partial charge in [-0.05, 0) is 19.4 Å². The molecule has 1 aromatic rings. The molecule has 0 bridgehead atoms. The third-order valence-electron chi connectivity index (χ3n) is 3.61. The Kier molecular flexibility index (Phi) is 5.92. The smallest absolute Gasteiger partial charge is 0.274 e. The van der Waals surface area contributed by atoms with Crippen LogP contribution in [0.1, 0.15) is 37.2 Å². The average molecular weight is 291 g/mol. The van der Waals surface area contributed by atoms with E-state index in [1.807, 2.05) is 4.90 Å². The normalized spacial score (nSPS) is 16.0. The third-order valence-corrected chi connectivity index (χ3v) is 3.61. The number of nitrogens with zero attached hydrogens (tertiary/aromatic N) is 4. The van der Waals surface area contributed by atoms with Crippen molar-refractivity contribution < 1.29 is 4.79 Å². The standard InChI is InChI=1S/C15H25N5O/c1-3-5-17-14-12-16-11-13(18-14)15(21)20-9-7-19(6-4-2)8-10-20/h11-12H,3-10H2,1-2H3,(H,17,18). The molecule has 6 nitrogen and oxygen atoms in total. The van der Waals surface area contributed by atoms with E-state index in [1.165, 1.54) is 0 Å². The van der Waals surface area contributed by atoms with Crippen molar-refractivity contribution in [1.29, 1.82) is 0 Å². The van der Waals surface area contributed by atoms with Crippen LogP contribution in [0.25, 0.3) is 0 Å². The van der Waals surface area contributed by atoms with Crippen molar-refractivity contribution in [2.45, 2.75) is 26.7 Å². The van der Waals surface area contributed by atoms with Crippen LogP contribution in [0.4, 0.5) is 5.82 Å². The van der Waals surface area contributed by atoms with Gasteiger partial charge in [0, 0.05) is 32.7 Å². The van der Waals surface area contributed by atoms with E-state index in [2.05, 4.69) is 34.0 Å². The van der Waals surface area contributed by atoms with E-state index in [1.54, 1.807) is 12.4 Å². The zero-order valence-corrected chi connectivity index (χ0v) is 13.0. The van der Waals surface area contributed by atoms with E-state index in [9.17, 15) is 4.79 Å². The van der Waals surface area contributed by atoms with Crippen LogP contribution in [0.15, 0.2) is 12.4 Å². The van der Waals surface area contributed by atoms with Gasteiger partial charge in [-0.1, -0.05) is 13.8 Å². The number of hydrogen-bond donors (Lipinski definition) is 1. The molecule has 6 heteroatoms. The number of piperazine rings is 1. The summed E-state index contributed by atoms with van der Waals surface area (Å²) in [4.78, 5) is 25.2. The molecule has 1 aromatic heterocycles. The van der Waals surface area contributed by atoms with Gasteiger partial charge in [0.1, 0.15) is 11.5 Å². The molecule has 0 saturated carbocycles. The number of rotatable bonds is 6. The molecule has 0 unspecified atom stereocenters. The van der Waals surface area contributed by atoms with Crippen LogP contribution in [0.3, 0.4) is 0 Å². The number of amides is 1. The summed E-state index contributed by atoms with van der Waals surface area (Å²) in [6, 6.07) is 0. The summed E-state index contributed by atoms with van der Waals surface area (Å²) in [5.74, 6) is 0.658. The lowest BCUT2D eigenvalue weighted by atomic mass is 10.2. The predicted molar refractivity (Wildman–Crippen MR) is 83.4 cm³/mol. The Labute approximate surface area is 126 Å². The Bertz CT molecular complexity index is 457. The van der Waals surface area contributed by atoms with Crippen molar-refractivity contribution >= 4 is 11.7 Å². The Morgan fingerprint density at radius 3 is 2.62 bits per heavy atom. The maximum absolute atomic E-state index is 12.5. The van der Waals surface area contributed by atoms with Crippen molar-refractivity contribution in [1.82, 2.24) is 19.8 Å². The van der Waals surface area contributed by atoms with Gasteiger partial charge in [0.15, 0.2) is 0 Å². The molecule has 1 fully saturated rings. The molecule has 1 amide bonds. The summed E-state index contributed by atoms with van der Waals surface area (Å²) >= 11 is 0. The first-order chi connectivity index (χ1) is 10.2. The van der Waals surface area contributed by atoms with E-state index < -0.39 is 0 Å². The van der Waals surface area contributed by atoms with Crippen LogP contribution in [0, 0.1) is 0 Å². The molecular formula is C15H25N5O. The first-order valence-corrected chi connectivity index (χ1v) is 7.82. The number of hydrogen-bond acceptors (Lipinski definition) is 5. The number of carbonyl (C=O) groups excluding carboxylic acids is 1. The third kappa shape index (κ3) is 4.39. The second-order valence-corrected chi connectivity index (χ2v) is 5.35. The fourth-order valence-corrected chi connectivity index (χ4v) is 2.46. The van der Waals surface area contributed by atoms with Crippen molar-refractivity contribution in [3.8, 4) is 0 Å². The highest BCUT2D eigenvalue weighted by atomic mass is 16.2. The van der Waals surface area contributed by atoms with Crippen LogP contribution in [-0.4, -0.2) is 64.9 Å². The zero-order chi connectivity index (χ0) is 15.1. The molecule has 116 valence electrons. The van der Waals surface area contributed by atoms with Gasteiger partial charge in [-0.15, -0.1) is 0 Å². The fraction of sp³-hybridized carbons (Fsp3) is 0.667. The van der Waals surface area contributed by atoms with Crippen LogP contribution in [-0.2, 0) is 0 Å². The highest BCUT2D eigenvalue weighted by molar-refractivity contribution is 5.92. The minimum atomic E-state index is -0.0150. The summed E-state index contributed by atoms with van der Waals surface area (Å²) in [7, 11) is 0. The first kappa shape index (κ1) is 15.7. The van der Waals surface area contributed by atoms with Gasteiger partial charge in [-0.3, -0.25) is 14.7 Å². The van der Waals surface area contributed by atoms with Gasteiger partial charge in [0.25, 0.3) is 5.91 Å². The quantitative estimate of drug-likeness (QED) is 0.860. The minimum absolute atomic E-state index is 0.0150. The van der Waals surface area contributed by atoms with E-state index in [-0.39, 0.29) is 5.91 Å². The number of nitrogens with one attached hydrogen (secondary N) is 1. The van der Waals surface area contributed by atoms with Gasteiger partial charge in [-0.25, -0.2) is 4.98 Å². The van der Waals surface area contributed by atoms with E-state index in [0.717, 1.165) is 52.1 Å². The monoisotopic (exact) mass is 291 g/mol. The van der Waals surface area contributed by atoms with Gasteiger partial charge in [-0.2, -0.15) is 0 Å². The summed E-state index contributed by atoms with van der Waals surface area (Å²) in [5.41, 5.74) is 0.431. The Morgan fingerprint density at radius 2 is 1.95 bits per heavy atom. The predicted octanol–water partition coefficient (Wildman–Crippen LogP) is 1.47. The summed E-state index contributed by atoms with van der Waals surface area (Å²) in [6.07, 6.45) is 5.38. The van der Waals surface area contributed by atoms with Crippen LogP contribution >= 0.6 is 0 Å². The van der Waals surface area contributed by atoms with Gasteiger partial charge >= 0.3 is 0 Å². The molecular weight excluding hydrogens is 266 g/mol.